The van der Waals surface area contributed by atoms with Crippen LogP contribution in [0.1, 0.15) is 55.7 Å². The van der Waals surface area contributed by atoms with Gasteiger partial charge in [0, 0.05) is 26.1 Å². The van der Waals surface area contributed by atoms with Crippen LogP contribution >= 0.6 is 0 Å². The molecule has 2 aliphatic rings. The number of sulfonamides is 1. The molecule has 7 nitrogen and oxygen atoms in total. The summed E-state index contributed by atoms with van der Waals surface area (Å²) in [7, 11) is -1.76. The monoisotopic (exact) mass is 499 g/mol. The van der Waals surface area contributed by atoms with Crippen molar-refractivity contribution < 1.29 is 17.9 Å². The summed E-state index contributed by atoms with van der Waals surface area (Å²) in [6.07, 6.45) is 6.22. The molecule has 0 saturated carbocycles. The Balaban J connectivity index is 1.31. The van der Waals surface area contributed by atoms with Crippen LogP contribution in [0.5, 0.6) is 5.75 Å². The van der Waals surface area contributed by atoms with Gasteiger partial charge in [0.05, 0.1) is 18.0 Å². The van der Waals surface area contributed by atoms with E-state index in [0.29, 0.717) is 37.4 Å². The summed E-state index contributed by atoms with van der Waals surface area (Å²) < 4.78 is 32.6. The molecule has 2 fully saturated rings. The fraction of sp³-hybridized carbons (Fsp3) is 0.519. The van der Waals surface area contributed by atoms with Crippen molar-refractivity contribution in [3.63, 3.8) is 0 Å². The van der Waals surface area contributed by atoms with E-state index >= 15 is 0 Å². The SMILES string of the molecule is COc1cccc(C(CNC(=O)CCc2ccc(S(=O)(=O)N3CCCCC3)cc2)N2CCCC2)c1. The number of nitrogens with zero attached hydrogens (tertiary/aromatic N) is 2. The quantitative estimate of drug-likeness (QED) is 0.539. The number of hydrogen-bond acceptors (Lipinski definition) is 5. The highest BCUT2D eigenvalue weighted by Crippen LogP contribution is 2.27. The van der Waals surface area contributed by atoms with Gasteiger partial charge in [0.25, 0.3) is 0 Å². The van der Waals surface area contributed by atoms with Crippen molar-refractivity contribution in [1.82, 2.24) is 14.5 Å². The Kier molecular flexibility index (Phi) is 8.81. The number of piperidine rings is 1. The lowest BCUT2D eigenvalue weighted by Gasteiger charge is -2.28. The maximum atomic E-state index is 12.8. The molecule has 2 aromatic rings. The van der Waals surface area contributed by atoms with E-state index in [0.717, 1.165) is 49.2 Å². The number of amides is 1. The first-order valence-electron chi connectivity index (χ1n) is 12.7. The van der Waals surface area contributed by atoms with E-state index in [9.17, 15) is 13.2 Å². The molecule has 2 saturated heterocycles. The third-order valence-corrected chi connectivity index (χ3v) is 8.98. The van der Waals surface area contributed by atoms with E-state index < -0.39 is 10.0 Å². The van der Waals surface area contributed by atoms with Gasteiger partial charge in [-0.2, -0.15) is 4.31 Å². The van der Waals surface area contributed by atoms with Gasteiger partial charge < -0.3 is 10.1 Å². The molecule has 1 N–H and O–H groups in total. The van der Waals surface area contributed by atoms with Crippen LogP contribution in [-0.4, -0.2) is 63.4 Å². The zero-order valence-electron chi connectivity index (χ0n) is 20.6. The maximum absolute atomic E-state index is 12.8. The first-order chi connectivity index (χ1) is 17.0. The minimum atomic E-state index is -3.43. The summed E-state index contributed by atoms with van der Waals surface area (Å²) in [5.74, 6) is 0.825. The third kappa shape index (κ3) is 6.63. The predicted molar refractivity (Wildman–Crippen MR) is 137 cm³/mol. The Morgan fingerprint density at radius 2 is 1.66 bits per heavy atom. The molecule has 2 heterocycles. The minimum absolute atomic E-state index is 0.00195. The third-order valence-electron chi connectivity index (χ3n) is 7.07. The number of benzene rings is 2. The Bertz CT molecular complexity index is 1080. The van der Waals surface area contributed by atoms with Crippen molar-refractivity contribution in [3.8, 4) is 5.75 Å². The summed E-state index contributed by atoms with van der Waals surface area (Å²) >= 11 is 0. The second kappa shape index (κ2) is 12.0. The summed E-state index contributed by atoms with van der Waals surface area (Å²) in [5.41, 5.74) is 2.11. The number of likely N-dealkylation sites (tertiary alicyclic amines) is 1. The lowest BCUT2D eigenvalue weighted by atomic mass is 10.0. The molecule has 1 amide bonds. The van der Waals surface area contributed by atoms with Gasteiger partial charge in [-0.25, -0.2) is 8.42 Å². The summed E-state index contributed by atoms with van der Waals surface area (Å²) in [4.78, 5) is 15.4. The normalized spacial score (nSPS) is 18.3. The highest BCUT2D eigenvalue weighted by molar-refractivity contribution is 7.89. The fourth-order valence-corrected chi connectivity index (χ4v) is 6.52. The lowest BCUT2D eigenvalue weighted by Crippen LogP contribution is -2.36. The largest absolute Gasteiger partial charge is 0.497 e. The van der Waals surface area contributed by atoms with Crippen molar-refractivity contribution in [1.29, 1.82) is 0 Å². The molecule has 2 aliphatic heterocycles. The zero-order valence-corrected chi connectivity index (χ0v) is 21.4. The van der Waals surface area contributed by atoms with Crippen molar-refractivity contribution in [2.75, 3.05) is 39.8 Å². The second-order valence-electron chi connectivity index (χ2n) is 9.45. The molecule has 4 rings (SSSR count). The number of hydrogen-bond donors (Lipinski definition) is 1. The van der Waals surface area contributed by atoms with Crippen LogP contribution in [0.15, 0.2) is 53.4 Å². The first-order valence-corrected chi connectivity index (χ1v) is 14.2. The van der Waals surface area contributed by atoms with Crippen LogP contribution in [0.25, 0.3) is 0 Å². The minimum Gasteiger partial charge on any atom is -0.497 e. The van der Waals surface area contributed by atoms with Crippen LogP contribution in [0, 0.1) is 0 Å². The number of aryl methyl sites for hydroxylation is 1. The van der Waals surface area contributed by atoms with Crippen LogP contribution in [0.3, 0.4) is 0 Å². The average Bonchev–Trinajstić information content (AvgIpc) is 3.43. The second-order valence-corrected chi connectivity index (χ2v) is 11.4. The fourth-order valence-electron chi connectivity index (χ4n) is 5.00. The molecule has 2 aromatic carbocycles. The molecule has 8 heteroatoms. The maximum Gasteiger partial charge on any atom is 0.243 e. The van der Waals surface area contributed by atoms with Crippen LogP contribution < -0.4 is 10.1 Å². The van der Waals surface area contributed by atoms with Crippen molar-refractivity contribution in [2.24, 2.45) is 0 Å². The summed E-state index contributed by atoms with van der Waals surface area (Å²) in [5, 5.41) is 3.12. The number of ether oxygens (including phenoxy) is 1. The van der Waals surface area contributed by atoms with Crippen LogP contribution in [0.4, 0.5) is 0 Å². The highest BCUT2D eigenvalue weighted by atomic mass is 32.2. The highest BCUT2D eigenvalue weighted by Gasteiger charge is 2.26. The molecule has 35 heavy (non-hydrogen) atoms. The summed E-state index contributed by atoms with van der Waals surface area (Å²) in [6.45, 7) is 3.81. The topological polar surface area (TPSA) is 78.9 Å². The van der Waals surface area contributed by atoms with Gasteiger partial charge in [-0.1, -0.05) is 30.7 Å². The molecule has 0 radical (unpaired) electrons. The van der Waals surface area contributed by atoms with Gasteiger partial charge in [-0.15, -0.1) is 0 Å². The molecular formula is C27H37N3O4S. The van der Waals surface area contributed by atoms with Gasteiger partial charge in [0.2, 0.25) is 15.9 Å². The molecule has 0 aliphatic carbocycles. The van der Waals surface area contributed by atoms with Crippen LogP contribution in [-0.2, 0) is 21.2 Å². The van der Waals surface area contributed by atoms with Crippen LogP contribution in [0.2, 0.25) is 0 Å². The Hall–Kier alpha value is -2.42. The number of carbonyl (C=O) groups is 1. The number of carbonyl (C=O) groups excluding carboxylic acids is 1. The molecule has 1 atom stereocenters. The number of rotatable bonds is 10. The van der Waals surface area contributed by atoms with Gasteiger partial charge in [0.1, 0.15) is 5.75 Å². The molecule has 0 spiro atoms. The van der Waals surface area contributed by atoms with Gasteiger partial charge in [-0.3, -0.25) is 9.69 Å². The molecule has 0 aromatic heterocycles. The van der Waals surface area contributed by atoms with E-state index in [-0.39, 0.29) is 11.9 Å². The Morgan fingerprint density at radius 3 is 2.34 bits per heavy atom. The van der Waals surface area contributed by atoms with E-state index in [2.05, 4.69) is 22.3 Å². The van der Waals surface area contributed by atoms with Gasteiger partial charge in [-0.05, 0) is 80.6 Å². The van der Waals surface area contributed by atoms with Gasteiger partial charge in [0.15, 0.2) is 0 Å². The van der Waals surface area contributed by atoms with E-state index in [1.165, 1.54) is 12.8 Å². The molecule has 190 valence electrons. The standard InChI is InChI=1S/C27H37N3O4S/c1-34-24-9-7-8-23(20-24)26(29-16-5-6-17-29)21-28-27(31)15-12-22-10-13-25(14-11-22)35(32,33)30-18-3-2-4-19-30/h7-11,13-14,20,26H,2-6,12,15-19,21H2,1H3,(H,28,31). The molecular weight excluding hydrogens is 462 g/mol. The zero-order chi connectivity index (χ0) is 24.7. The first kappa shape index (κ1) is 25.7. The molecule has 0 bridgehead atoms. The Labute approximate surface area is 209 Å². The van der Waals surface area contributed by atoms with Crippen molar-refractivity contribution in [2.45, 2.75) is 55.9 Å². The average molecular weight is 500 g/mol. The number of methoxy groups -OCH3 is 1. The van der Waals surface area contributed by atoms with Crippen molar-refractivity contribution >= 4 is 15.9 Å². The lowest BCUT2D eigenvalue weighted by molar-refractivity contribution is -0.121. The Morgan fingerprint density at radius 1 is 0.971 bits per heavy atom. The summed E-state index contributed by atoms with van der Waals surface area (Å²) in [6, 6.07) is 15.2. The van der Waals surface area contributed by atoms with E-state index in [4.69, 9.17) is 4.74 Å². The van der Waals surface area contributed by atoms with Gasteiger partial charge >= 0.3 is 0 Å². The van der Waals surface area contributed by atoms with E-state index in [1.54, 1.807) is 23.5 Å². The van der Waals surface area contributed by atoms with E-state index in [1.807, 2.05) is 24.3 Å². The predicted octanol–water partition coefficient (Wildman–Crippen LogP) is 3.76. The molecule has 1 unspecified atom stereocenters. The number of nitrogens with one attached hydrogen (secondary N) is 1. The smallest absolute Gasteiger partial charge is 0.243 e. The van der Waals surface area contributed by atoms with Crippen molar-refractivity contribution in [3.05, 3.63) is 59.7 Å².